The first-order valence-corrected chi connectivity index (χ1v) is 8.82. The molecule has 1 aromatic rings. The Balaban J connectivity index is 1.45. The number of aromatic nitrogens is 1. The van der Waals surface area contributed by atoms with Crippen LogP contribution in [-0.4, -0.2) is 17.4 Å². The topological polar surface area (TPSA) is 42.0 Å². The summed E-state index contributed by atoms with van der Waals surface area (Å²) in [5.41, 5.74) is 1.03. The van der Waals surface area contributed by atoms with E-state index in [0.717, 1.165) is 24.3 Å². The van der Waals surface area contributed by atoms with E-state index in [4.69, 9.17) is 0 Å². The average Bonchev–Trinajstić information content (AvgIpc) is 2.44. The highest BCUT2D eigenvalue weighted by atomic mass is 79.9. The number of nitrogens with one attached hydrogen (secondary N) is 1. The third-order valence-electron chi connectivity index (χ3n) is 5.79. The molecular formula is C17H21BrN2O. The van der Waals surface area contributed by atoms with E-state index in [1.165, 1.54) is 38.5 Å². The quantitative estimate of drug-likeness (QED) is 0.844. The van der Waals surface area contributed by atoms with E-state index < -0.39 is 0 Å². The molecule has 0 aromatic carbocycles. The summed E-state index contributed by atoms with van der Waals surface area (Å²) in [6.45, 7) is 0.844. The summed E-state index contributed by atoms with van der Waals surface area (Å²) in [4.78, 5) is 16.5. The predicted molar refractivity (Wildman–Crippen MR) is 84.9 cm³/mol. The highest BCUT2D eigenvalue weighted by Crippen LogP contribution is 2.59. The Morgan fingerprint density at radius 1 is 1.24 bits per heavy atom. The van der Waals surface area contributed by atoms with E-state index in [9.17, 15) is 4.79 Å². The number of pyridine rings is 1. The smallest absolute Gasteiger partial charge is 0.254 e. The van der Waals surface area contributed by atoms with E-state index >= 15 is 0 Å². The Hall–Kier alpha value is -0.900. The van der Waals surface area contributed by atoms with Crippen LogP contribution < -0.4 is 5.32 Å². The molecule has 1 N–H and O–H groups in total. The molecule has 0 unspecified atom stereocenters. The highest BCUT2D eigenvalue weighted by molar-refractivity contribution is 9.10. The number of nitrogens with zero attached hydrogens (tertiary/aromatic N) is 1. The molecule has 1 aromatic heterocycles. The fourth-order valence-electron chi connectivity index (χ4n) is 5.42. The summed E-state index contributed by atoms with van der Waals surface area (Å²) in [7, 11) is 0. The van der Waals surface area contributed by atoms with Gasteiger partial charge in [-0.3, -0.25) is 4.79 Å². The molecule has 4 heteroatoms. The molecule has 5 rings (SSSR count). The first-order chi connectivity index (χ1) is 10.1. The maximum absolute atomic E-state index is 12.4. The Labute approximate surface area is 134 Å². The van der Waals surface area contributed by atoms with Crippen LogP contribution in [0.4, 0.5) is 0 Å². The van der Waals surface area contributed by atoms with Gasteiger partial charge in [-0.05, 0) is 89.8 Å². The monoisotopic (exact) mass is 348 g/mol. The minimum atomic E-state index is 0.00530. The lowest BCUT2D eigenvalue weighted by Crippen LogP contribution is -2.51. The lowest BCUT2D eigenvalue weighted by Gasteiger charge is -2.56. The second-order valence-corrected chi connectivity index (χ2v) is 8.19. The molecule has 0 atom stereocenters. The number of carbonyl (C=O) groups excluding carboxylic acids is 1. The van der Waals surface area contributed by atoms with Crippen LogP contribution in [0.15, 0.2) is 22.9 Å². The van der Waals surface area contributed by atoms with Crippen LogP contribution >= 0.6 is 15.9 Å². The fraction of sp³-hybridized carbons (Fsp3) is 0.647. The van der Waals surface area contributed by atoms with Crippen molar-refractivity contribution in [2.24, 2.45) is 23.2 Å². The molecule has 0 aliphatic heterocycles. The summed E-state index contributed by atoms with van der Waals surface area (Å²) in [6.07, 6.45) is 10.0. The Morgan fingerprint density at radius 2 is 1.86 bits per heavy atom. The number of rotatable bonds is 3. The van der Waals surface area contributed by atoms with Gasteiger partial charge in [0.15, 0.2) is 0 Å². The van der Waals surface area contributed by atoms with E-state index in [1.54, 1.807) is 6.20 Å². The fourth-order valence-corrected chi connectivity index (χ4v) is 5.86. The zero-order valence-electron chi connectivity index (χ0n) is 12.1. The molecule has 21 heavy (non-hydrogen) atoms. The van der Waals surface area contributed by atoms with Gasteiger partial charge in [-0.1, -0.05) is 0 Å². The van der Waals surface area contributed by atoms with Crippen LogP contribution in [0.5, 0.6) is 0 Å². The SMILES string of the molecule is O=C(NCC12CC3CC(CC(C3)C1)C2)c1cccnc1Br. The zero-order chi connectivity index (χ0) is 14.4. The van der Waals surface area contributed by atoms with E-state index in [0.29, 0.717) is 15.6 Å². The van der Waals surface area contributed by atoms with Crippen LogP contribution in [0.1, 0.15) is 48.9 Å². The van der Waals surface area contributed by atoms with Gasteiger partial charge in [-0.2, -0.15) is 0 Å². The van der Waals surface area contributed by atoms with Gasteiger partial charge in [0.1, 0.15) is 4.60 Å². The molecule has 4 fully saturated rings. The molecule has 1 heterocycles. The van der Waals surface area contributed by atoms with Gasteiger partial charge in [0.05, 0.1) is 5.56 Å². The van der Waals surface area contributed by atoms with Gasteiger partial charge < -0.3 is 5.32 Å². The number of hydrogen-bond acceptors (Lipinski definition) is 2. The summed E-state index contributed by atoms with van der Waals surface area (Å²) in [6, 6.07) is 3.64. The van der Waals surface area contributed by atoms with Crippen molar-refractivity contribution in [2.75, 3.05) is 6.54 Å². The minimum Gasteiger partial charge on any atom is -0.351 e. The van der Waals surface area contributed by atoms with Gasteiger partial charge in [-0.15, -0.1) is 0 Å². The van der Waals surface area contributed by atoms with Crippen molar-refractivity contribution in [3.63, 3.8) is 0 Å². The van der Waals surface area contributed by atoms with E-state index in [1.807, 2.05) is 12.1 Å². The van der Waals surface area contributed by atoms with Crippen molar-refractivity contribution in [3.05, 3.63) is 28.5 Å². The van der Waals surface area contributed by atoms with Crippen molar-refractivity contribution in [2.45, 2.75) is 38.5 Å². The third kappa shape index (κ3) is 2.52. The summed E-state index contributed by atoms with van der Waals surface area (Å²) >= 11 is 3.36. The van der Waals surface area contributed by atoms with E-state index in [2.05, 4.69) is 26.2 Å². The van der Waals surface area contributed by atoms with Gasteiger partial charge >= 0.3 is 0 Å². The third-order valence-corrected chi connectivity index (χ3v) is 6.42. The molecule has 112 valence electrons. The molecule has 1 amide bonds. The molecule has 0 radical (unpaired) electrons. The molecule has 3 nitrogen and oxygen atoms in total. The Morgan fingerprint density at radius 3 is 2.43 bits per heavy atom. The van der Waals surface area contributed by atoms with Crippen LogP contribution in [0.2, 0.25) is 0 Å². The number of hydrogen-bond donors (Lipinski definition) is 1. The summed E-state index contributed by atoms with van der Waals surface area (Å²) in [5.74, 6) is 2.79. The van der Waals surface area contributed by atoms with Gasteiger partial charge in [-0.25, -0.2) is 4.98 Å². The molecule has 4 bridgehead atoms. The Kier molecular flexibility index (Phi) is 3.32. The van der Waals surface area contributed by atoms with Crippen LogP contribution in [-0.2, 0) is 0 Å². The molecule has 4 saturated carbocycles. The number of amides is 1. The minimum absolute atomic E-state index is 0.00530. The molecule has 4 aliphatic carbocycles. The van der Waals surface area contributed by atoms with Crippen molar-refractivity contribution >= 4 is 21.8 Å². The molecule has 0 spiro atoms. The molecular weight excluding hydrogens is 328 g/mol. The number of carbonyl (C=O) groups is 1. The van der Waals surface area contributed by atoms with Gasteiger partial charge in [0.2, 0.25) is 0 Å². The van der Waals surface area contributed by atoms with Crippen molar-refractivity contribution < 1.29 is 4.79 Å². The van der Waals surface area contributed by atoms with Crippen LogP contribution in [0, 0.1) is 23.2 Å². The lowest BCUT2D eigenvalue weighted by atomic mass is 9.49. The lowest BCUT2D eigenvalue weighted by molar-refractivity contribution is -0.0503. The van der Waals surface area contributed by atoms with Crippen molar-refractivity contribution in [1.29, 1.82) is 0 Å². The molecule has 0 saturated heterocycles. The maximum atomic E-state index is 12.4. The average molecular weight is 349 g/mol. The Bertz CT molecular complexity index is 536. The first kappa shape index (κ1) is 13.7. The zero-order valence-corrected chi connectivity index (χ0v) is 13.7. The second kappa shape index (κ2) is 5.08. The van der Waals surface area contributed by atoms with Crippen LogP contribution in [0.25, 0.3) is 0 Å². The van der Waals surface area contributed by atoms with Crippen molar-refractivity contribution in [3.8, 4) is 0 Å². The second-order valence-electron chi connectivity index (χ2n) is 7.44. The summed E-state index contributed by atoms with van der Waals surface area (Å²) < 4.78 is 0.632. The summed E-state index contributed by atoms with van der Waals surface area (Å²) in [5, 5.41) is 3.19. The van der Waals surface area contributed by atoms with Crippen molar-refractivity contribution in [1.82, 2.24) is 10.3 Å². The number of halogens is 1. The van der Waals surface area contributed by atoms with Gasteiger partial charge in [0, 0.05) is 12.7 Å². The van der Waals surface area contributed by atoms with E-state index in [-0.39, 0.29) is 5.91 Å². The van der Waals surface area contributed by atoms with Gasteiger partial charge in [0.25, 0.3) is 5.91 Å². The highest BCUT2D eigenvalue weighted by Gasteiger charge is 2.50. The molecule has 4 aliphatic rings. The largest absolute Gasteiger partial charge is 0.351 e. The maximum Gasteiger partial charge on any atom is 0.254 e. The normalized spacial score (nSPS) is 36.7. The van der Waals surface area contributed by atoms with Crippen LogP contribution in [0.3, 0.4) is 0 Å². The first-order valence-electron chi connectivity index (χ1n) is 8.02. The standard InChI is InChI=1S/C17H21BrN2O/c18-15-14(2-1-3-19-15)16(21)20-10-17-7-11-4-12(8-17)6-13(5-11)9-17/h1-3,11-13H,4-10H2,(H,20,21). The predicted octanol–water partition coefficient (Wildman–Crippen LogP) is 3.79.